The van der Waals surface area contributed by atoms with Gasteiger partial charge in [-0.25, -0.2) is 0 Å². The summed E-state index contributed by atoms with van der Waals surface area (Å²) in [4.78, 5) is 2.34. The second-order valence-corrected chi connectivity index (χ2v) is 4.35. The van der Waals surface area contributed by atoms with Gasteiger partial charge in [-0.2, -0.15) is 5.10 Å². The van der Waals surface area contributed by atoms with E-state index in [0.717, 1.165) is 25.2 Å². The molecule has 1 fully saturated rings. The Labute approximate surface area is 90.5 Å². The van der Waals surface area contributed by atoms with Gasteiger partial charge in [0.05, 0.1) is 18.0 Å². The minimum atomic E-state index is 0.275. The topological polar surface area (TPSA) is 41.3 Å². The van der Waals surface area contributed by atoms with Crippen molar-refractivity contribution in [2.75, 3.05) is 13.2 Å². The molecule has 4 nitrogen and oxygen atoms in total. The van der Waals surface area contributed by atoms with Crippen LogP contribution in [0.25, 0.3) is 0 Å². The molecule has 0 amide bonds. The molecule has 1 atom stereocenters. The summed E-state index contributed by atoms with van der Waals surface area (Å²) in [5, 5.41) is 13.6. The van der Waals surface area contributed by atoms with Gasteiger partial charge in [0.15, 0.2) is 0 Å². The Balaban J connectivity index is 2.05. The average Bonchev–Trinajstić information content (AvgIpc) is 2.74. The van der Waals surface area contributed by atoms with Crippen molar-refractivity contribution in [2.45, 2.75) is 32.4 Å². The summed E-state index contributed by atoms with van der Waals surface area (Å²) < 4.78 is 1.93. The first-order valence-electron chi connectivity index (χ1n) is 5.55. The van der Waals surface area contributed by atoms with E-state index in [-0.39, 0.29) is 6.61 Å². The maximum Gasteiger partial charge on any atom is 0.0597 e. The van der Waals surface area contributed by atoms with Crippen LogP contribution in [0.4, 0.5) is 0 Å². The average molecular weight is 209 g/mol. The molecule has 0 aliphatic carbocycles. The highest BCUT2D eigenvalue weighted by atomic mass is 16.3. The fraction of sp³-hybridized carbons (Fsp3) is 0.727. The summed E-state index contributed by atoms with van der Waals surface area (Å²) in [6, 6.07) is 2.47. The summed E-state index contributed by atoms with van der Waals surface area (Å²) >= 11 is 0. The maximum atomic E-state index is 9.22. The lowest BCUT2D eigenvalue weighted by Gasteiger charge is -2.22. The van der Waals surface area contributed by atoms with Crippen molar-refractivity contribution in [2.24, 2.45) is 7.05 Å². The van der Waals surface area contributed by atoms with Gasteiger partial charge in [-0.15, -0.1) is 0 Å². The fourth-order valence-electron chi connectivity index (χ4n) is 2.33. The molecule has 1 aromatic heterocycles. The first-order chi connectivity index (χ1) is 7.20. The van der Waals surface area contributed by atoms with Crippen LogP contribution in [0, 0.1) is 6.92 Å². The second-order valence-electron chi connectivity index (χ2n) is 4.35. The van der Waals surface area contributed by atoms with E-state index in [4.69, 9.17) is 0 Å². The van der Waals surface area contributed by atoms with Gasteiger partial charge in [-0.3, -0.25) is 9.58 Å². The molecule has 1 N–H and O–H groups in total. The highest BCUT2D eigenvalue weighted by Crippen LogP contribution is 2.19. The van der Waals surface area contributed by atoms with Gasteiger partial charge in [0.1, 0.15) is 0 Å². The molecule has 0 bridgehead atoms. The van der Waals surface area contributed by atoms with Gasteiger partial charge in [0.25, 0.3) is 0 Å². The van der Waals surface area contributed by atoms with Crippen molar-refractivity contribution in [1.29, 1.82) is 0 Å². The lowest BCUT2D eigenvalue weighted by atomic mass is 10.2. The van der Waals surface area contributed by atoms with Crippen LogP contribution in [-0.4, -0.2) is 39.0 Å². The van der Waals surface area contributed by atoms with Gasteiger partial charge < -0.3 is 5.11 Å². The Morgan fingerprint density at radius 3 is 3.00 bits per heavy atom. The summed E-state index contributed by atoms with van der Waals surface area (Å²) in [7, 11) is 1.98. The molecule has 4 heteroatoms. The molecular weight excluding hydrogens is 190 g/mol. The molecule has 0 saturated carbocycles. The van der Waals surface area contributed by atoms with E-state index in [1.54, 1.807) is 0 Å². The van der Waals surface area contributed by atoms with E-state index < -0.39 is 0 Å². The molecule has 2 heterocycles. The van der Waals surface area contributed by atoms with Crippen molar-refractivity contribution >= 4 is 0 Å². The zero-order valence-corrected chi connectivity index (χ0v) is 9.48. The van der Waals surface area contributed by atoms with E-state index >= 15 is 0 Å². The van der Waals surface area contributed by atoms with Gasteiger partial charge in [0, 0.05) is 19.6 Å². The quantitative estimate of drug-likeness (QED) is 0.796. The standard InChI is InChI=1S/C11H19N3O/c1-9-6-11(13(2)12-9)7-14-5-3-4-10(14)8-15/h6,10,15H,3-5,7-8H2,1-2H3. The molecule has 1 aliphatic rings. The molecule has 0 spiro atoms. The number of aryl methyl sites for hydroxylation is 2. The van der Waals surface area contributed by atoms with Crippen molar-refractivity contribution in [3.05, 3.63) is 17.5 Å². The van der Waals surface area contributed by atoms with Gasteiger partial charge in [0.2, 0.25) is 0 Å². The molecule has 15 heavy (non-hydrogen) atoms. The van der Waals surface area contributed by atoms with E-state index in [2.05, 4.69) is 16.1 Å². The number of hydrogen-bond donors (Lipinski definition) is 1. The lowest BCUT2D eigenvalue weighted by molar-refractivity contribution is 0.151. The number of rotatable bonds is 3. The van der Waals surface area contributed by atoms with Crippen LogP contribution >= 0.6 is 0 Å². The van der Waals surface area contributed by atoms with Crippen LogP contribution in [-0.2, 0) is 13.6 Å². The van der Waals surface area contributed by atoms with Gasteiger partial charge in [-0.1, -0.05) is 0 Å². The third kappa shape index (κ3) is 2.21. The third-order valence-electron chi connectivity index (χ3n) is 3.17. The first-order valence-corrected chi connectivity index (χ1v) is 5.55. The largest absolute Gasteiger partial charge is 0.395 e. The van der Waals surface area contributed by atoms with Crippen LogP contribution in [0.15, 0.2) is 6.07 Å². The van der Waals surface area contributed by atoms with E-state index in [9.17, 15) is 5.11 Å². The van der Waals surface area contributed by atoms with Gasteiger partial charge in [-0.05, 0) is 32.4 Å². The number of aliphatic hydroxyl groups excluding tert-OH is 1. The third-order valence-corrected chi connectivity index (χ3v) is 3.17. The minimum absolute atomic E-state index is 0.275. The maximum absolute atomic E-state index is 9.22. The first kappa shape index (κ1) is 10.6. The highest BCUT2D eigenvalue weighted by Gasteiger charge is 2.24. The molecule has 84 valence electrons. The molecule has 0 radical (unpaired) electrons. The normalized spacial score (nSPS) is 22.5. The molecule has 1 saturated heterocycles. The number of likely N-dealkylation sites (tertiary alicyclic amines) is 1. The van der Waals surface area contributed by atoms with Crippen LogP contribution in [0.2, 0.25) is 0 Å². The summed E-state index contributed by atoms with van der Waals surface area (Å²) in [6.07, 6.45) is 2.31. The van der Waals surface area contributed by atoms with Crippen molar-refractivity contribution in [3.8, 4) is 0 Å². The Kier molecular flexibility index (Phi) is 3.07. The highest BCUT2D eigenvalue weighted by molar-refractivity contribution is 5.08. The van der Waals surface area contributed by atoms with Crippen LogP contribution in [0.1, 0.15) is 24.2 Å². The Morgan fingerprint density at radius 2 is 2.40 bits per heavy atom. The number of hydrogen-bond acceptors (Lipinski definition) is 3. The zero-order chi connectivity index (χ0) is 10.8. The van der Waals surface area contributed by atoms with Crippen molar-refractivity contribution < 1.29 is 5.11 Å². The molecule has 1 unspecified atom stereocenters. The molecule has 2 rings (SSSR count). The molecular formula is C11H19N3O. The monoisotopic (exact) mass is 209 g/mol. The van der Waals surface area contributed by atoms with Gasteiger partial charge >= 0.3 is 0 Å². The number of aliphatic hydroxyl groups is 1. The summed E-state index contributed by atoms with van der Waals surface area (Å²) in [5.74, 6) is 0. The predicted molar refractivity (Wildman–Crippen MR) is 58.5 cm³/mol. The van der Waals surface area contributed by atoms with Crippen molar-refractivity contribution in [3.63, 3.8) is 0 Å². The number of aromatic nitrogens is 2. The van der Waals surface area contributed by atoms with Crippen LogP contribution < -0.4 is 0 Å². The molecule has 1 aliphatic heterocycles. The van der Waals surface area contributed by atoms with E-state index in [0.29, 0.717) is 6.04 Å². The molecule has 0 aromatic carbocycles. The Hall–Kier alpha value is -0.870. The smallest absolute Gasteiger partial charge is 0.0597 e. The second kappa shape index (κ2) is 4.33. The zero-order valence-electron chi connectivity index (χ0n) is 9.48. The fourth-order valence-corrected chi connectivity index (χ4v) is 2.33. The Bertz CT molecular complexity index is 335. The van der Waals surface area contributed by atoms with E-state index in [1.165, 1.54) is 12.1 Å². The Morgan fingerprint density at radius 1 is 1.60 bits per heavy atom. The SMILES string of the molecule is Cc1cc(CN2CCCC2CO)n(C)n1. The molecule has 1 aromatic rings. The number of nitrogens with zero attached hydrogens (tertiary/aromatic N) is 3. The summed E-state index contributed by atoms with van der Waals surface area (Å²) in [5.41, 5.74) is 2.29. The summed E-state index contributed by atoms with van der Waals surface area (Å²) in [6.45, 7) is 4.28. The lowest BCUT2D eigenvalue weighted by Crippen LogP contribution is -2.32. The van der Waals surface area contributed by atoms with Crippen molar-refractivity contribution in [1.82, 2.24) is 14.7 Å². The van der Waals surface area contributed by atoms with E-state index in [1.807, 2.05) is 18.7 Å². The van der Waals surface area contributed by atoms with Crippen LogP contribution in [0.5, 0.6) is 0 Å². The minimum Gasteiger partial charge on any atom is -0.395 e. The predicted octanol–water partition coefficient (Wildman–Crippen LogP) is 0.685. The van der Waals surface area contributed by atoms with Crippen LogP contribution in [0.3, 0.4) is 0 Å².